The molecule has 0 aliphatic heterocycles. The van der Waals surface area contributed by atoms with Crippen molar-refractivity contribution in [2.45, 2.75) is 20.5 Å². The molecule has 0 saturated heterocycles. The average Bonchev–Trinajstić information content (AvgIpc) is 3.14. The van der Waals surface area contributed by atoms with E-state index in [0.717, 1.165) is 19.6 Å². The Morgan fingerprint density at radius 3 is 2.67 bits per heavy atom. The van der Waals surface area contributed by atoms with Crippen LogP contribution >= 0.6 is 11.3 Å². The molecule has 146 valence electrons. The Hall–Kier alpha value is -2.36. The summed E-state index contributed by atoms with van der Waals surface area (Å²) >= 11 is 1.17. The van der Waals surface area contributed by atoms with E-state index in [-0.39, 0.29) is 16.8 Å². The van der Waals surface area contributed by atoms with E-state index in [1.54, 1.807) is 31.4 Å². The first-order valence-electron chi connectivity index (χ1n) is 8.80. The van der Waals surface area contributed by atoms with Crippen molar-refractivity contribution in [1.82, 2.24) is 20.4 Å². The van der Waals surface area contributed by atoms with Crippen molar-refractivity contribution in [1.29, 1.82) is 0 Å². The topological polar surface area (TPSA) is 96.5 Å². The number of benzene rings is 1. The number of hydrogen-bond acceptors (Lipinski definition) is 7. The summed E-state index contributed by atoms with van der Waals surface area (Å²) in [6.45, 7) is 7.77. The fraction of sp³-hybridized carbons (Fsp3) is 0.444. The molecule has 0 saturated carbocycles. The smallest absolute Gasteiger partial charge is 0.286 e. The first kappa shape index (κ1) is 20.9. The minimum absolute atomic E-state index is 0.170. The van der Waals surface area contributed by atoms with E-state index in [2.05, 4.69) is 39.6 Å². The standard InChI is InChI=1S/C18H25N5O3S/c1-4-23(5-2)10-9-19-16(24)13-7-6-8-14(11-13)20-17(25)18-22-21-15(27-18)12-26-3/h6-8,11H,4-5,9-10,12H2,1-3H3,(H,19,24)(H,20,25). The molecule has 0 aliphatic rings. The van der Waals surface area contributed by atoms with Crippen LogP contribution < -0.4 is 10.6 Å². The first-order chi connectivity index (χ1) is 13.1. The lowest BCUT2D eigenvalue weighted by Gasteiger charge is -2.18. The predicted molar refractivity (Wildman–Crippen MR) is 105 cm³/mol. The fourth-order valence-corrected chi connectivity index (χ4v) is 3.13. The van der Waals surface area contributed by atoms with Crippen LogP contribution in [-0.4, -0.2) is 60.2 Å². The summed E-state index contributed by atoms with van der Waals surface area (Å²) in [5.74, 6) is -0.537. The Balaban J connectivity index is 1.93. The van der Waals surface area contributed by atoms with Crippen LogP contribution in [0.1, 0.15) is 39.0 Å². The Bertz CT molecular complexity index is 761. The zero-order valence-corrected chi connectivity index (χ0v) is 16.6. The number of aromatic nitrogens is 2. The summed E-state index contributed by atoms with van der Waals surface area (Å²) in [5, 5.41) is 14.3. The van der Waals surface area contributed by atoms with Gasteiger partial charge in [0.2, 0.25) is 5.01 Å². The fourth-order valence-electron chi connectivity index (χ4n) is 2.42. The van der Waals surface area contributed by atoms with Gasteiger partial charge in [-0.15, -0.1) is 10.2 Å². The Kier molecular flexibility index (Phi) is 8.31. The summed E-state index contributed by atoms with van der Waals surface area (Å²) in [7, 11) is 1.56. The maximum atomic E-state index is 12.3. The van der Waals surface area contributed by atoms with Crippen LogP contribution in [0.2, 0.25) is 0 Å². The number of rotatable bonds is 10. The lowest BCUT2D eigenvalue weighted by molar-refractivity contribution is 0.0947. The Morgan fingerprint density at radius 1 is 1.19 bits per heavy atom. The number of anilines is 1. The summed E-state index contributed by atoms with van der Waals surface area (Å²) in [6.07, 6.45) is 0. The van der Waals surface area contributed by atoms with Gasteiger partial charge in [0.25, 0.3) is 11.8 Å². The Labute approximate surface area is 162 Å². The van der Waals surface area contributed by atoms with Gasteiger partial charge in [0.1, 0.15) is 5.01 Å². The highest BCUT2D eigenvalue weighted by molar-refractivity contribution is 7.13. The molecule has 1 heterocycles. The molecule has 0 radical (unpaired) electrons. The summed E-state index contributed by atoms with van der Waals surface area (Å²) in [5.41, 5.74) is 1.02. The molecule has 1 aromatic heterocycles. The molecule has 0 bridgehead atoms. The molecular formula is C18H25N5O3S. The van der Waals surface area contributed by atoms with Gasteiger partial charge in [0.15, 0.2) is 0 Å². The van der Waals surface area contributed by atoms with Crippen LogP contribution in [0.5, 0.6) is 0 Å². The van der Waals surface area contributed by atoms with Crippen molar-refractivity contribution in [2.75, 3.05) is 38.6 Å². The van der Waals surface area contributed by atoms with Gasteiger partial charge in [0, 0.05) is 31.5 Å². The van der Waals surface area contributed by atoms with Gasteiger partial charge in [-0.3, -0.25) is 9.59 Å². The SMILES string of the molecule is CCN(CC)CCNC(=O)c1cccc(NC(=O)c2nnc(COC)s2)c1. The minimum atomic E-state index is -0.367. The van der Waals surface area contributed by atoms with E-state index in [4.69, 9.17) is 4.74 Å². The normalized spacial score (nSPS) is 10.8. The molecule has 0 spiro atoms. The van der Waals surface area contributed by atoms with Crippen LogP contribution in [0, 0.1) is 0 Å². The van der Waals surface area contributed by atoms with Gasteiger partial charge in [-0.1, -0.05) is 31.3 Å². The van der Waals surface area contributed by atoms with Gasteiger partial charge >= 0.3 is 0 Å². The van der Waals surface area contributed by atoms with Crippen LogP contribution in [0.25, 0.3) is 0 Å². The van der Waals surface area contributed by atoms with E-state index in [0.29, 0.717) is 29.4 Å². The van der Waals surface area contributed by atoms with Crippen molar-refractivity contribution < 1.29 is 14.3 Å². The number of carbonyl (C=O) groups excluding carboxylic acids is 2. The molecule has 0 aliphatic carbocycles. The highest BCUT2D eigenvalue weighted by atomic mass is 32.1. The third kappa shape index (κ3) is 6.38. The molecule has 0 fully saturated rings. The van der Waals surface area contributed by atoms with E-state index >= 15 is 0 Å². The highest BCUT2D eigenvalue weighted by Gasteiger charge is 2.14. The zero-order valence-electron chi connectivity index (χ0n) is 15.8. The number of likely N-dealkylation sites (N-methyl/N-ethyl adjacent to an activating group) is 1. The number of hydrogen-bond donors (Lipinski definition) is 2. The quantitative estimate of drug-likeness (QED) is 0.643. The van der Waals surface area contributed by atoms with Crippen molar-refractivity contribution in [2.24, 2.45) is 0 Å². The van der Waals surface area contributed by atoms with Gasteiger partial charge in [-0.05, 0) is 31.3 Å². The molecule has 0 unspecified atom stereocenters. The van der Waals surface area contributed by atoms with Crippen molar-refractivity contribution in [3.8, 4) is 0 Å². The number of methoxy groups -OCH3 is 1. The summed E-state index contributed by atoms with van der Waals surface area (Å²) < 4.78 is 4.97. The second-order valence-electron chi connectivity index (χ2n) is 5.75. The third-order valence-corrected chi connectivity index (χ3v) is 4.82. The lowest BCUT2D eigenvalue weighted by Crippen LogP contribution is -2.34. The number of ether oxygens (including phenoxy) is 1. The summed E-state index contributed by atoms with van der Waals surface area (Å²) in [4.78, 5) is 26.8. The summed E-state index contributed by atoms with van der Waals surface area (Å²) in [6, 6.07) is 6.80. The molecule has 2 N–H and O–H groups in total. The maximum Gasteiger partial charge on any atom is 0.286 e. The number of nitrogens with one attached hydrogen (secondary N) is 2. The average molecular weight is 391 g/mol. The molecule has 9 heteroatoms. The second-order valence-corrected chi connectivity index (χ2v) is 6.81. The van der Waals surface area contributed by atoms with E-state index < -0.39 is 0 Å². The molecule has 2 aromatic rings. The second kappa shape index (κ2) is 10.7. The van der Waals surface area contributed by atoms with Crippen molar-refractivity contribution in [3.63, 3.8) is 0 Å². The van der Waals surface area contributed by atoms with E-state index in [1.807, 2.05) is 0 Å². The molecule has 27 heavy (non-hydrogen) atoms. The van der Waals surface area contributed by atoms with Crippen LogP contribution in [-0.2, 0) is 11.3 Å². The number of carbonyl (C=O) groups is 2. The van der Waals surface area contributed by atoms with Gasteiger partial charge in [0.05, 0.1) is 6.61 Å². The van der Waals surface area contributed by atoms with Crippen LogP contribution in [0.4, 0.5) is 5.69 Å². The lowest BCUT2D eigenvalue weighted by atomic mass is 10.2. The molecule has 0 atom stereocenters. The molecule has 1 aromatic carbocycles. The van der Waals surface area contributed by atoms with Gasteiger partial charge < -0.3 is 20.3 Å². The zero-order chi connectivity index (χ0) is 19.6. The van der Waals surface area contributed by atoms with Crippen molar-refractivity contribution >= 4 is 28.8 Å². The number of amides is 2. The maximum absolute atomic E-state index is 12.3. The monoisotopic (exact) mass is 391 g/mol. The van der Waals surface area contributed by atoms with Gasteiger partial charge in [-0.25, -0.2) is 0 Å². The first-order valence-corrected chi connectivity index (χ1v) is 9.62. The highest BCUT2D eigenvalue weighted by Crippen LogP contribution is 2.15. The molecule has 2 amide bonds. The molecule has 2 rings (SSSR count). The number of nitrogens with zero attached hydrogens (tertiary/aromatic N) is 3. The van der Waals surface area contributed by atoms with Crippen molar-refractivity contribution in [3.05, 3.63) is 39.8 Å². The third-order valence-electron chi connectivity index (χ3n) is 3.92. The Morgan fingerprint density at radius 2 is 1.96 bits per heavy atom. The molecule has 8 nitrogen and oxygen atoms in total. The molecular weight excluding hydrogens is 366 g/mol. The van der Waals surface area contributed by atoms with E-state index in [1.165, 1.54) is 11.3 Å². The minimum Gasteiger partial charge on any atom is -0.377 e. The van der Waals surface area contributed by atoms with Gasteiger partial charge in [-0.2, -0.15) is 0 Å². The van der Waals surface area contributed by atoms with Crippen LogP contribution in [0.15, 0.2) is 24.3 Å². The predicted octanol–water partition coefficient (Wildman–Crippen LogP) is 2.01. The van der Waals surface area contributed by atoms with E-state index in [9.17, 15) is 9.59 Å². The largest absolute Gasteiger partial charge is 0.377 e. The van der Waals surface area contributed by atoms with Crippen LogP contribution in [0.3, 0.4) is 0 Å².